The Balaban J connectivity index is 1.91. The van der Waals surface area contributed by atoms with Gasteiger partial charge in [0.2, 0.25) is 0 Å². The van der Waals surface area contributed by atoms with E-state index in [1.165, 1.54) is 17.0 Å². The van der Waals surface area contributed by atoms with Crippen molar-refractivity contribution < 1.29 is 37.3 Å². The summed E-state index contributed by atoms with van der Waals surface area (Å²) in [6.07, 6.45) is -5.62. The fourth-order valence-electron chi connectivity index (χ4n) is 2.73. The van der Waals surface area contributed by atoms with Crippen LogP contribution in [0.1, 0.15) is 38.3 Å². The van der Waals surface area contributed by atoms with E-state index in [0.29, 0.717) is 13.1 Å². The van der Waals surface area contributed by atoms with E-state index in [1.807, 2.05) is 0 Å². The summed E-state index contributed by atoms with van der Waals surface area (Å²) < 4.78 is 50.4. The minimum absolute atomic E-state index is 0.00791. The van der Waals surface area contributed by atoms with E-state index >= 15 is 0 Å². The number of aliphatic carboxylic acids is 1. The Hall–Kier alpha value is -2.45. The zero-order valence-electron chi connectivity index (χ0n) is 16.0. The van der Waals surface area contributed by atoms with E-state index in [2.05, 4.69) is 0 Å². The van der Waals surface area contributed by atoms with Gasteiger partial charge in [-0.3, -0.25) is 4.79 Å². The summed E-state index contributed by atoms with van der Waals surface area (Å²) in [4.78, 5) is 24.0. The molecule has 0 aromatic heterocycles. The van der Waals surface area contributed by atoms with Crippen molar-refractivity contribution in [2.75, 3.05) is 19.7 Å². The molecule has 2 rings (SSSR count). The Kier molecular flexibility index (Phi) is 6.46. The second-order valence-electron chi connectivity index (χ2n) is 7.77. The number of hydrogen-bond donors (Lipinski definition) is 1. The van der Waals surface area contributed by atoms with E-state index in [9.17, 15) is 22.8 Å². The molecule has 156 valence electrons. The second-order valence-corrected chi connectivity index (χ2v) is 7.77. The van der Waals surface area contributed by atoms with Gasteiger partial charge in [0.25, 0.3) is 0 Å². The first-order valence-corrected chi connectivity index (χ1v) is 8.88. The number of amides is 1. The van der Waals surface area contributed by atoms with Crippen LogP contribution < -0.4 is 4.74 Å². The number of carboxylic acid groups (broad SMARTS) is 1. The number of alkyl halides is 3. The van der Waals surface area contributed by atoms with Gasteiger partial charge < -0.3 is 19.5 Å². The molecular formula is C19H24F3NO5. The predicted octanol–water partition coefficient (Wildman–Crippen LogP) is 3.97. The molecule has 0 bridgehead atoms. The lowest BCUT2D eigenvalue weighted by Crippen LogP contribution is -2.53. The highest BCUT2D eigenvalue weighted by molar-refractivity contribution is 5.69. The third-order valence-corrected chi connectivity index (χ3v) is 4.09. The van der Waals surface area contributed by atoms with Crippen molar-refractivity contribution in [3.05, 3.63) is 29.3 Å². The molecule has 1 aromatic rings. The average Bonchev–Trinajstić information content (AvgIpc) is 2.49. The molecule has 1 aliphatic heterocycles. The summed E-state index contributed by atoms with van der Waals surface area (Å²) in [6.45, 7) is 6.30. The number of carbonyl (C=O) groups excluding carboxylic acids is 1. The standard InChI is InChI=1S/C19H24F3NO5/c1-18(2,3)28-17(26)23-9-12(10-23)11-27-14-6-4-13(5-7-16(24)25)15(8-14)19(20,21)22/h4,6,8,12H,5,7,9-11H2,1-3H3,(H,24,25). The van der Waals surface area contributed by atoms with E-state index in [1.54, 1.807) is 20.8 Å². The number of ether oxygens (including phenoxy) is 2. The van der Waals surface area contributed by atoms with Crippen molar-refractivity contribution in [3.63, 3.8) is 0 Å². The summed E-state index contributed by atoms with van der Waals surface area (Å²) in [7, 11) is 0. The fourth-order valence-corrected chi connectivity index (χ4v) is 2.73. The van der Waals surface area contributed by atoms with E-state index < -0.39 is 29.4 Å². The number of aryl methyl sites for hydroxylation is 1. The highest BCUT2D eigenvalue weighted by atomic mass is 19.4. The number of hydrogen-bond acceptors (Lipinski definition) is 4. The lowest BCUT2D eigenvalue weighted by Gasteiger charge is -2.39. The van der Waals surface area contributed by atoms with Crippen molar-refractivity contribution in [2.24, 2.45) is 5.92 Å². The van der Waals surface area contributed by atoms with E-state index in [0.717, 1.165) is 6.07 Å². The van der Waals surface area contributed by atoms with Gasteiger partial charge in [0.15, 0.2) is 0 Å². The number of likely N-dealkylation sites (tertiary alicyclic amines) is 1. The van der Waals surface area contributed by atoms with Gasteiger partial charge in [0, 0.05) is 25.4 Å². The second kappa shape index (κ2) is 8.28. The maximum Gasteiger partial charge on any atom is 0.416 e. The van der Waals surface area contributed by atoms with Gasteiger partial charge in [-0.15, -0.1) is 0 Å². The molecule has 0 unspecified atom stereocenters. The molecule has 1 fully saturated rings. The Morgan fingerprint density at radius 2 is 1.86 bits per heavy atom. The molecule has 0 radical (unpaired) electrons. The summed E-state index contributed by atoms with van der Waals surface area (Å²) in [5.74, 6) is -1.09. The van der Waals surface area contributed by atoms with Crippen LogP contribution in [0.25, 0.3) is 0 Å². The normalized spacial score (nSPS) is 15.1. The van der Waals surface area contributed by atoms with Crippen LogP contribution in [0.5, 0.6) is 5.75 Å². The molecule has 0 atom stereocenters. The fraction of sp³-hybridized carbons (Fsp3) is 0.579. The molecular weight excluding hydrogens is 379 g/mol. The number of carbonyl (C=O) groups is 2. The third kappa shape index (κ3) is 6.31. The van der Waals surface area contributed by atoms with Crippen molar-refractivity contribution in [3.8, 4) is 5.75 Å². The zero-order chi connectivity index (χ0) is 21.1. The van der Waals surface area contributed by atoms with Crippen LogP contribution in [0, 0.1) is 5.92 Å². The summed E-state index contributed by atoms with van der Waals surface area (Å²) >= 11 is 0. The molecule has 0 spiro atoms. The lowest BCUT2D eigenvalue weighted by molar-refractivity contribution is -0.140. The molecule has 0 saturated carbocycles. The van der Waals surface area contributed by atoms with Gasteiger partial charge >= 0.3 is 18.2 Å². The lowest BCUT2D eigenvalue weighted by atomic mass is 10.0. The van der Waals surface area contributed by atoms with Gasteiger partial charge in [-0.25, -0.2) is 4.79 Å². The number of nitrogens with zero attached hydrogens (tertiary/aromatic N) is 1. The van der Waals surface area contributed by atoms with E-state index in [-0.39, 0.29) is 36.7 Å². The van der Waals surface area contributed by atoms with Gasteiger partial charge in [0.1, 0.15) is 11.4 Å². The Morgan fingerprint density at radius 3 is 2.39 bits per heavy atom. The largest absolute Gasteiger partial charge is 0.493 e. The SMILES string of the molecule is CC(C)(C)OC(=O)N1CC(COc2ccc(CCC(=O)O)c(C(F)(F)F)c2)C1. The van der Waals surface area contributed by atoms with Gasteiger partial charge in [-0.05, 0) is 44.9 Å². The topological polar surface area (TPSA) is 76.1 Å². The summed E-state index contributed by atoms with van der Waals surface area (Å²) in [5.41, 5.74) is -1.56. The van der Waals surface area contributed by atoms with Crippen LogP contribution in [0.15, 0.2) is 18.2 Å². The molecule has 9 heteroatoms. The Bertz CT molecular complexity index is 721. The first kappa shape index (κ1) is 21.8. The third-order valence-electron chi connectivity index (χ3n) is 4.09. The monoisotopic (exact) mass is 403 g/mol. The first-order valence-electron chi connectivity index (χ1n) is 8.88. The molecule has 1 heterocycles. The van der Waals surface area contributed by atoms with Crippen LogP contribution >= 0.6 is 0 Å². The predicted molar refractivity (Wildman–Crippen MR) is 94.2 cm³/mol. The van der Waals surface area contributed by atoms with Gasteiger partial charge in [-0.1, -0.05) is 6.07 Å². The van der Waals surface area contributed by atoms with Crippen molar-refractivity contribution in [1.29, 1.82) is 0 Å². The quantitative estimate of drug-likeness (QED) is 0.778. The highest BCUT2D eigenvalue weighted by Gasteiger charge is 2.35. The number of benzene rings is 1. The Labute approximate surface area is 161 Å². The van der Waals surface area contributed by atoms with Crippen molar-refractivity contribution in [1.82, 2.24) is 4.90 Å². The summed E-state index contributed by atoms with van der Waals surface area (Å²) in [5, 5.41) is 8.68. The maximum absolute atomic E-state index is 13.2. The Morgan fingerprint density at radius 1 is 1.21 bits per heavy atom. The molecule has 0 aliphatic carbocycles. The van der Waals surface area contributed by atoms with Crippen LogP contribution in [-0.4, -0.2) is 47.4 Å². The number of rotatable bonds is 6. The van der Waals surface area contributed by atoms with Crippen LogP contribution in [0.4, 0.5) is 18.0 Å². The first-order chi connectivity index (χ1) is 12.8. The van der Waals surface area contributed by atoms with Gasteiger partial charge in [-0.2, -0.15) is 13.2 Å². The molecule has 28 heavy (non-hydrogen) atoms. The minimum atomic E-state index is -4.60. The molecule has 1 saturated heterocycles. The van der Waals surface area contributed by atoms with Crippen molar-refractivity contribution in [2.45, 2.75) is 45.4 Å². The minimum Gasteiger partial charge on any atom is -0.493 e. The molecule has 1 amide bonds. The number of halogens is 3. The van der Waals surface area contributed by atoms with Crippen LogP contribution in [0.2, 0.25) is 0 Å². The number of carboxylic acids is 1. The highest BCUT2D eigenvalue weighted by Crippen LogP contribution is 2.35. The van der Waals surface area contributed by atoms with Crippen LogP contribution in [-0.2, 0) is 22.1 Å². The van der Waals surface area contributed by atoms with Gasteiger partial charge in [0.05, 0.1) is 12.2 Å². The van der Waals surface area contributed by atoms with Crippen LogP contribution in [0.3, 0.4) is 0 Å². The molecule has 6 nitrogen and oxygen atoms in total. The summed E-state index contributed by atoms with van der Waals surface area (Å²) in [6, 6.07) is 3.53. The van der Waals surface area contributed by atoms with Crippen molar-refractivity contribution >= 4 is 12.1 Å². The molecule has 1 aromatic carbocycles. The average molecular weight is 403 g/mol. The molecule has 1 aliphatic rings. The smallest absolute Gasteiger partial charge is 0.416 e. The maximum atomic E-state index is 13.2. The molecule has 1 N–H and O–H groups in total. The van der Waals surface area contributed by atoms with E-state index in [4.69, 9.17) is 14.6 Å². The zero-order valence-corrected chi connectivity index (χ0v) is 16.0.